The van der Waals surface area contributed by atoms with Crippen molar-refractivity contribution in [1.82, 2.24) is 0 Å². The standard InChI is InChI=1S/C16H31NO2/c1-3-5-8-13(4-2)12-19-16(18)15-10-7-6-9-14(15)11-17/h13-15H,3-12,17H2,1-2H3. The summed E-state index contributed by atoms with van der Waals surface area (Å²) in [5, 5.41) is 0. The predicted octanol–water partition coefficient (Wildman–Crippen LogP) is 3.51. The van der Waals surface area contributed by atoms with Crippen LogP contribution in [0.4, 0.5) is 0 Å². The first kappa shape index (κ1) is 16.5. The van der Waals surface area contributed by atoms with Gasteiger partial charge in [0.1, 0.15) is 0 Å². The summed E-state index contributed by atoms with van der Waals surface area (Å²) < 4.78 is 5.57. The maximum atomic E-state index is 12.2. The Morgan fingerprint density at radius 1 is 1.32 bits per heavy atom. The van der Waals surface area contributed by atoms with Crippen LogP contribution in [-0.4, -0.2) is 19.1 Å². The summed E-state index contributed by atoms with van der Waals surface area (Å²) in [6.07, 6.45) is 9.11. The SMILES string of the molecule is CCCCC(CC)COC(=O)C1CCCCC1CN. The number of rotatable bonds is 8. The van der Waals surface area contributed by atoms with Crippen molar-refractivity contribution < 1.29 is 9.53 Å². The molecule has 0 bridgehead atoms. The van der Waals surface area contributed by atoms with Gasteiger partial charge in [0.05, 0.1) is 12.5 Å². The third kappa shape index (κ3) is 5.52. The van der Waals surface area contributed by atoms with Crippen LogP contribution in [-0.2, 0) is 9.53 Å². The summed E-state index contributed by atoms with van der Waals surface area (Å²) in [5.41, 5.74) is 5.77. The van der Waals surface area contributed by atoms with Crippen LogP contribution in [0.25, 0.3) is 0 Å². The van der Waals surface area contributed by atoms with Gasteiger partial charge in [-0.2, -0.15) is 0 Å². The third-order valence-electron chi connectivity index (χ3n) is 4.52. The van der Waals surface area contributed by atoms with Crippen molar-refractivity contribution in [3.05, 3.63) is 0 Å². The minimum atomic E-state index is 0.00472. The van der Waals surface area contributed by atoms with Crippen molar-refractivity contribution >= 4 is 5.97 Å². The first-order chi connectivity index (χ1) is 9.22. The fraction of sp³-hybridized carbons (Fsp3) is 0.938. The zero-order valence-electron chi connectivity index (χ0n) is 12.7. The Morgan fingerprint density at radius 2 is 2.05 bits per heavy atom. The molecule has 19 heavy (non-hydrogen) atoms. The van der Waals surface area contributed by atoms with Crippen LogP contribution in [0.15, 0.2) is 0 Å². The van der Waals surface area contributed by atoms with E-state index in [0.717, 1.165) is 25.7 Å². The number of esters is 1. The Morgan fingerprint density at radius 3 is 2.68 bits per heavy atom. The molecule has 3 unspecified atom stereocenters. The largest absolute Gasteiger partial charge is 0.465 e. The van der Waals surface area contributed by atoms with Crippen molar-refractivity contribution in [2.24, 2.45) is 23.5 Å². The summed E-state index contributed by atoms with van der Waals surface area (Å²) in [7, 11) is 0. The van der Waals surface area contributed by atoms with Crippen molar-refractivity contribution in [1.29, 1.82) is 0 Å². The lowest BCUT2D eigenvalue weighted by Gasteiger charge is -2.29. The van der Waals surface area contributed by atoms with Crippen LogP contribution in [0.5, 0.6) is 0 Å². The summed E-state index contributed by atoms with van der Waals surface area (Å²) in [5.74, 6) is 0.938. The van der Waals surface area contributed by atoms with Crippen LogP contribution in [0.2, 0.25) is 0 Å². The second kappa shape index (κ2) is 9.35. The normalized spacial score (nSPS) is 25.0. The predicted molar refractivity (Wildman–Crippen MR) is 78.8 cm³/mol. The van der Waals surface area contributed by atoms with Gasteiger partial charge in [0.25, 0.3) is 0 Å². The van der Waals surface area contributed by atoms with E-state index in [1.165, 1.54) is 25.7 Å². The zero-order valence-corrected chi connectivity index (χ0v) is 12.7. The van der Waals surface area contributed by atoms with E-state index in [9.17, 15) is 4.79 Å². The van der Waals surface area contributed by atoms with E-state index in [0.29, 0.717) is 25.0 Å². The zero-order chi connectivity index (χ0) is 14.1. The van der Waals surface area contributed by atoms with E-state index >= 15 is 0 Å². The van der Waals surface area contributed by atoms with Gasteiger partial charge >= 0.3 is 5.97 Å². The van der Waals surface area contributed by atoms with E-state index in [-0.39, 0.29) is 11.9 Å². The molecule has 1 aliphatic rings. The lowest BCUT2D eigenvalue weighted by Crippen LogP contribution is -2.34. The second-order valence-electron chi connectivity index (χ2n) is 5.93. The molecule has 1 aliphatic carbocycles. The smallest absolute Gasteiger partial charge is 0.309 e. The van der Waals surface area contributed by atoms with Gasteiger partial charge in [-0.25, -0.2) is 0 Å². The highest BCUT2D eigenvalue weighted by Crippen LogP contribution is 2.30. The minimum Gasteiger partial charge on any atom is -0.465 e. The highest BCUT2D eigenvalue weighted by Gasteiger charge is 2.31. The Balaban J connectivity index is 2.35. The van der Waals surface area contributed by atoms with E-state index in [2.05, 4.69) is 13.8 Å². The van der Waals surface area contributed by atoms with Crippen LogP contribution < -0.4 is 5.73 Å². The quantitative estimate of drug-likeness (QED) is 0.686. The number of hydrogen-bond donors (Lipinski definition) is 1. The summed E-state index contributed by atoms with van der Waals surface area (Å²) >= 11 is 0. The average Bonchev–Trinajstić information content (AvgIpc) is 2.47. The molecule has 3 atom stereocenters. The van der Waals surface area contributed by atoms with Crippen LogP contribution in [0.3, 0.4) is 0 Å². The maximum absolute atomic E-state index is 12.2. The molecule has 0 heterocycles. The Hall–Kier alpha value is -0.570. The van der Waals surface area contributed by atoms with E-state index in [1.54, 1.807) is 0 Å². The molecule has 0 spiro atoms. The Labute approximate surface area is 118 Å². The maximum Gasteiger partial charge on any atom is 0.309 e. The van der Waals surface area contributed by atoms with Crippen LogP contribution >= 0.6 is 0 Å². The molecular formula is C16H31NO2. The van der Waals surface area contributed by atoms with Gasteiger partial charge in [0.15, 0.2) is 0 Å². The molecule has 112 valence electrons. The molecule has 0 aromatic carbocycles. The Kier molecular flexibility index (Phi) is 8.11. The number of hydrogen-bond acceptors (Lipinski definition) is 3. The highest BCUT2D eigenvalue weighted by atomic mass is 16.5. The summed E-state index contributed by atoms with van der Waals surface area (Å²) in [6.45, 7) is 5.60. The number of nitrogens with two attached hydrogens (primary N) is 1. The lowest BCUT2D eigenvalue weighted by atomic mass is 9.79. The third-order valence-corrected chi connectivity index (χ3v) is 4.52. The fourth-order valence-electron chi connectivity index (χ4n) is 3.01. The molecule has 0 aliphatic heterocycles. The molecule has 3 nitrogen and oxygen atoms in total. The first-order valence-electron chi connectivity index (χ1n) is 8.09. The number of carbonyl (C=O) groups is 1. The molecule has 1 rings (SSSR count). The summed E-state index contributed by atoms with van der Waals surface area (Å²) in [6, 6.07) is 0. The highest BCUT2D eigenvalue weighted by molar-refractivity contribution is 5.73. The van der Waals surface area contributed by atoms with Crippen molar-refractivity contribution in [3.8, 4) is 0 Å². The van der Waals surface area contributed by atoms with Gasteiger partial charge < -0.3 is 10.5 Å². The second-order valence-corrected chi connectivity index (χ2v) is 5.93. The van der Waals surface area contributed by atoms with Gasteiger partial charge in [-0.05, 0) is 37.6 Å². The topological polar surface area (TPSA) is 52.3 Å². The lowest BCUT2D eigenvalue weighted by molar-refractivity contribution is -0.153. The van der Waals surface area contributed by atoms with E-state index in [4.69, 9.17) is 10.5 Å². The van der Waals surface area contributed by atoms with Crippen molar-refractivity contribution in [3.63, 3.8) is 0 Å². The van der Waals surface area contributed by atoms with Crippen LogP contribution in [0, 0.1) is 17.8 Å². The molecule has 0 amide bonds. The first-order valence-corrected chi connectivity index (χ1v) is 8.09. The van der Waals surface area contributed by atoms with E-state index in [1.807, 2.05) is 0 Å². The molecule has 1 saturated carbocycles. The molecule has 0 radical (unpaired) electrons. The molecule has 2 N–H and O–H groups in total. The van der Waals surface area contributed by atoms with Crippen molar-refractivity contribution in [2.45, 2.75) is 65.2 Å². The minimum absolute atomic E-state index is 0.00472. The van der Waals surface area contributed by atoms with E-state index < -0.39 is 0 Å². The molecule has 0 aromatic heterocycles. The van der Waals surface area contributed by atoms with Gasteiger partial charge in [-0.3, -0.25) is 4.79 Å². The monoisotopic (exact) mass is 269 g/mol. The van der Waals surface area contributed by atoms with Gasteiger partial charge in [0.2, 0.25) is 0 Å². The molecule has 0 saturated heterocycles. The Bertz CT molecular complexity index is 255. The number of ether oxygens (including phenoxy) is 1. The molecule has 0 aromatic rings. The molecule has 1 fully saturated rings. The number of carbonyl (C=O) groups excluding carboxylic acids is 1. The van der Waals surface area contributed by atoms with Gasteiger partial charge in [-0.15, -0.1) is 0 Å². The molecular weight excluding hydrogens is 238 g/mol. The summed E-state index contributed by atoms with van der Waals surface area (Å²) in [4.78, 5) is 12.2. The molecule has 3 heteroatoms. The van der Waals surface area contributed by atoms with Gasteiger partial charge in [0, 0.05) is 0 Å². The van der Waals surface area contributed by atoms with Gasteiger partial charge in [-0.1, -0.05) is 46.0 Å². The number of unbranched alkanes of at least 4 members (excludes halogenated alkanes) is 1. The van der Waals surface area contributed by atoms with Crippen molar-refractivity contribution in [2.75, 3.05) is 13.2 Å². The fourth-order valence-corrected chi connectivity index (χ4v) is 3.01. The average molecular weight is 269 g/mol. The van der Waals surface area contributed by atoms with Crippen LogP contribution in [0.1, 0.15) is 65.2 Å².